The first-order chi connectivity index (χ1) is 10.4. The second kappa shape index (κ2) is 6.75. The van der Waals surface area contributed by atoms with Crippen molar-refractivity contribution in [2.24, 2.45) is 0 Å². The summed E-state index contributed by atoms with van der Waals surface area (Å²) in [6, 6.07) is 11.4. The summed E-state index contributed by atoms with van der Waals surface area (Å²) >= 11 is 1.49. The number of hydrogen-bond donors (Lipinski definition) is 1. The number of carbonyl (C=O) groups is 2. The Balaban J connectivity index is 1.95. The molecule has 0 bridgehead atoms. The molecule has 116 valence electrons. The zero-order valence-corrected chi connectivity index (χ0v) is 13.7. The molecule has 0 saturated heterocycles. The molecule has 0 aliphatic heterocycles. The van der Waals surface area contributed by atoms with E-state index in [9.17, 15) is 9.59 Å². The van der Waals surface area contributed by atoms with E-state index in [1.54, 1.807) is 0 Å². The van der Waals surface area contributed by atoms with E-state index >= 15 is 0 Å². The van der Waals surface area contributed by atoms with Crippen molar-refractivity contribution in [1.29, 1.82) is 0 Å². The van der Waals surface area contributed by atoms with Crippen LogP contribution < -0.4 is 5.32 Å². The van der Waals surface area contributed by atoms with Crippen LogP contribution in [0.2, 0.25) is 0 Å². The number of anilines is 1. The summed E-state index contributed by atoms with van der Waals surface area (Å²) in [6.07, 6.45) is 1.17. The molecule has 0 atom stereocenters. The van der Waals surface area contributed by atoms with E-state index in [1.165, 1.54) is 11.3 Å². The number of rotatable bonds is 4. The van der Waals surface area contributed by atoms with Gasteiger partial charge in [-0.1, -0.05) is 12.1 Å². The normalized spacial score (nSPS) is 11.0. The van der Waals surface area contributed by atoms with E-state index in [1.807, 2.05) is 57.2 Å². The molecule has 1 N–H and O–H groups in total. The highest BCUT2D eigenvalue weighted by Gasteiger charge is 2.16. The molecule has 1 heterocycles. The number of ether oxygens (including phenoxy) is 1. The first-order valence-electron chi connectivity index (χ1n) is 6.98. The van der Waals surface area contributed by atoms with Crippen LogP contribution in [0.5, 0.6) is 0 Å². The number of amides is 1. The van der Waals surface area contributed by atoms with Crippen molar-refractivity contribution in [2.45, 2.75) is 32.8 Å². The van der Waals surface area contributed by atoms with E-state index in [2.05, 4.69) is 5.32 Å². The van der Waals surface area contributed by atoms with E-state index < -0.39 is 11.7 Å². The fourth-order valence-corrected chi connectivity index (χ4v) is 2.74. The summed E-state index contributed by atoms with van der Waals surface area (Å²) in [5.41, 5.74) is 1.30. The van der Waals surface area contributed by atoms with Crippen molar-refractivity contribution >= 4 is 29.4 Å². The van der Waals surface area contributed by atoms with Crippen LogP contribution in [0.1, 0.15) is 40.9 Å². The summed E-state index contributed by atoms with van der Waals surface area (Å²) in [5, 5.41) is 2.70. The van der Waals surface area contributed by atoms with Gasteiger partial charge in [0.15, 0.2) is 6.29 Å². The fourth-order valence-electron chi connectivity index (χ4n) is 1.88. The van der Waals surface area contributed by atoms with Gasteiger partial charge in [0.05, 0.1) is 4.88 Å². The van der Waals surface area contributed by atoms with Gasteiger partial charge in [0, 0.05) is 17.0 Å². The Hall–Kier alpha value is -2.14. The lowest BCUT2D eigenvalue weighted by molar-refractivity contribution is 0.0636. The minimum Gasteiger partial charge on any atom is -0.444 e. The molecule has 0 fully saturated rings. The van der Waals surface area contributed by atoms with Crippen LogP contribution in [-0.4, -0.2) is 18.0 Å². The van der Waals surface area contributed by atoms with Gasteiger partial charge in [0.25, 0.3) is 0 Å². The lowest BCUT2D eigenvalue weighted by Gasteiger charge is -2.19. The molecule has 0 unspecified atom stereocenters. The zero-order chi connectivity index (χ0) is 16.2. The highest BCUT2D eigenvalue weighted by molar-refractivity contribution is 7.13. The molecule has 0 aliphatic carbocycles. The van der Waals surface area contributed by atoms with Gasteiger partial charge in [-0.2, -0.15) is 0 Å². The quantitative estimate of drug-likeness (QED) is 0.845. The predicted octanol–water partition coefficient (Wildman–Crippen LogP) is 4.50. The first kappa shape index (κ1) is 16.2. The summed E-state index contributed by atoms with van der Waals surface area (Å²) in [5.74, 6) is 0. The Morgan fingerprint density at radius 3 is 2.41 bits per heavy atom. The van der Waals surface area contributed by atoms with Gasteiger partial charge in [-0.3, -0.25) is 10.1 Å². The standard InChI is InChI=1S/C17H19NO3S/c1-17(2,3)21-16(20)18-13-6-4-12(5-7-13)10-14-8-9-15(11-19)22-14/h4-9,11H,10H2,1-3H3,(H,18,20). The molecule has 0 saturated carbocycles. The largest absolute Gasteiger partial charge is 0.444 e. The summed E-state index contributed by atoms with van der Waals surface area (Å²) < 4.78 is 5.20. The third-order valence-corrected chi connectivity index (χ3v) is 3.79. The van der Waals surface area contributed by atoms with Crippen molar-refractivity contribution in [3.05, 3.63) is 51.7 Å². The molecule has 2 aromatic rings. The molecule has 0 spiro atoms. The van der Waals surface area contributed by atoms with Crippen LogP contribution in [0, 0.1) is 0 Å². The maximum absolute atomic E-state index is 11.7. The number of aldehydes is 1. The Morgan fingerprint density at radius 1 is 1.18 bits per heavy atom. The van der Waals surface area contributed by atoms with Crippen molar-refractivity contribution in [1.82, 2.24) is 0 Å². The Labute approximate surface area is 134 Å². The Bertz CT molecular complexity index is 653. The number of carbonyl (C=O) groups excluding carboxylic acids is 2. The summed E-state index contributed by atoms with van der Waals surface area (Å²) in [4.78, 5) is 24.2. The average Bonchev–Trinajstić information content (AvgIpc) is 2.86. The van der Waals surface area contributed by atoms with Crippen LogP contribution in [0.25, 0.3) is 0 Å². The van der Waals surface area contributed by atoms with Crippen LogP contribution in [0.3, 0.4) is 0 Å². The molecule has 0 radical (unpaired) electrons. The minimum absolute atomic E-state index is 0.464. The van der Waals surface area contributed by atoms with Crippen molar-refractivity contribution in [3.63, 3.8) is 0 Å². The SMILES string of the molecule is CC(C)(C)OC(=O)Nc1ccc(Cc2ccc(C=O)s2)cc1. The van der Waals surface area contributed by atoms with Gasteiger partial charge in [-0.25, -0.2) is 4.79 Å². The number of hydrogen-bond acceptors (Lipinski definition) is 4. The second-order valence-corrected chi connectivity index (χ2v) is 7.12. The fraction of sp³-hybridized carbons (Fsp3) is 0.294. The highest BCUT2D eigenvalue weighted by Crippen LogP contribution is 2.20. The monoisotopic (exact) mass is 317 g/mol. The Kier molecular flexibility index (Phi) is 4.98. The van der Waals surface area contributed by atoms with Crippen molar-refractivity contribution in [2.75, 3.05) is 5.32 Å². The van der Waals surface area contributed by atoms with Crippen LogP contribution in [0.15, 0.2) is 36.4 Å². The van der Waals surface area contributed by atoms with E-state index in [-0.39, 0.29) is 0 Å². The van der Waals surface area contributed by atoms with Crippen LogP contribution >= 0.6 is 11.3 Å². The summed E-state index contributed by atoms with van der Waals surface area (Å²) in [7, 11) is 0. The number of benzene rings is 1. The maximum atomic E-state index is 11.7. The third kappa shape index (κ3) is 5.00. The lowest BCUT2D eigenvalue weighted by Crippen LogP contribution is -2.27. The maximum Gasteiger partial charge on any atom is 0.412 e. The number of nitrogens with one attached hydrogen (secondary N) is 1. The van der Waals surface area contributed by atoms with E-state index in [4.69, 9.17) is 4.74 Å². The van der Waals surface area contributed by atoms with Gasteiger partial charge < -0.3 is 4.74 Å². The molecule has 1 aromatic carbocycles. The predicted molar refractivity (Wildman–Crippen MR) is 88.8 cm³/mol. The summed E-state index contributed by atoms with van der Waals surface area (Å²) in [6.45, 7) is 5.47. The molecular formula is C17H19NO3S. The molecule has 5 heteroatoms. The van der Waals surface area contributed by atoms with Gasteiger partial charge in [0.1, 0.15) is 5.60 Å². The van der Waals surface area contributed by atoms with Crippen LogP contribution in [0.4, 0.5) is 10.5 Å². The van der Waals surface area contributed by atoms with E-state index in [0.717, 1.165) is 28.0 Å². The van der Waals surface area contributed by atoms with Gasteiger partial charge >= 0.3 is 6.09 Å². The van der Waals surface area contributed by atoms with Crippen LogP contribution in [-0.2, 0) is 11.2 Å². The lowest BCUT2D eigenvalue weighted by atomic mass is 10.1. The van der Waals surface area contributed by atoms with Gasteiger partial charge in [-0.05, 0) is 50.6 Å². The average molecular weight is 317 g/mol. The zero-order valence-electron chi connectivity index (χ0n) is 12.9. The van der Waals surface area contributed by atoms with E-state index in [0.29, 0.717) is 5.69 Å². The minimum atomic E-state index is -0.514. The van der Waals surface area contributed by atoms with Gasteiger partial charge in [0.2, 0.25) is 0 Å². The molecule has 1 amide bonds. The third-order valence-electron chi connectivity index (χ3n) is 2.78. The number of thiophene rings is 1. The van der Waals surface area contributed by atoms with Crippen molar-refractivity contribution in [3.8, 4) is 0 Å². The van der Waals surface area contributed by atoms with Crippen molar-refractivity contribution < 1.29 is 14.3 Å². The molecule has 2 rings (SSSR count). The topological polar surface area (TPSA) is 55.4 Å². The highest BCUT2D eigenvalue weighted by atomic mass is 32.1. The molecule has 4 nitrogen and oxygen atoms in total. The Morgan fingerprint density at radius 2 is 1.86 bits per heavy atom. The molecular weight excluding hydrogens is 298 g/mol. The molecule has 22 heavy (non-hydrogen) atoms. The molecule has 0 aliphatic rings. The first-order valence-corrected chi connectivity index (χ1v) is 7.80. The molecule has 1 aromatic heterocycles. The second-order valence-electron chi connectivity index (χ2n) is 5.92. The van der Waals surface area contributed by atoms with Gasteiger partial charge in [-0.15, -0.1) is 11.3 Å². The smallest absolute Gasteiger partial charge is 0.412 e.